The third kappa shape index (κ3) is 4.28. The molecular formula is C18H18ClF3N6O. The number of nitrogens with two attached hydrogens (primary N) is 1. The monoisotopic (exact) mass is 426 g/mol. The van der Waals surface area contributed by atoms with Crippen LogP contribution in [0.5, 0.6) is 0 Å². The van der Waals surface area contributed by atoms with Gasteiger partial charge in [0.1, 0.15) is 11.2 Å². The molecule has 11 heteroatoms. The summed E-state index contributed by atoms with van der Waals surface area (Å²) in [6.07, 6.45) is -2.22. The minimum atomic E-state index is -4.47. The first-order valence-corrected chi connectivity index (χ1v) is 8.65. The average molecular weight is 427 g/mol. The molecule has 7 nitrogen and oxygen atoms in total. The quantitative estimate of drug-likeness (QED) is 0.595. The zero-order valence-electron chi connectivity index (χ0n) is 15.0. The molecule has 1 atom stereocenters. The van der Waals surface area contributed by atoms with E-state index in [0.29, 0.717) is 24.6 Å². The van der Waals surface area contributed by atoms with Crippen molar-refractivity contribution in [3.05, 3.63) is 52.4 Å². The molecule has 1 saturated heterocycles. The van der Waals surface area contributed by atoms with Crippen LogP contribution in [0.2, 0.25) is 0 Å². The number of anilines is 3. The zero-order chi connectivity index (χ0) is 19.9. The number of aromatic amines is 1. The molecule has 4 rings (SSSR count). The Labute approximate surface area is 169 Å². The molecule has 3 heterocycles. The van der Waals surface area contributed by atoms with E-state index in [2.05, 4.69) is 20.3 Å². The molecule has 1 unspecified atom stereocenters. The lowest BCUT2D eigenvalue weighted by molar-refractivity contribution is -0.137. The number of benzene rings is 1. The van der Waals surface area contributed by atoms with Crippen LogP contribution in [0.4, 0.5) is 30.6 Å². The smallest absolute Gasteiger partial charge is 0.339 e. The van der Waals surface area contributed by atoms with Crippen LogP contribution >= 0.6 is 12.4 Å². The van der Waals surface area contributed by atoms with Gasteiger partial charge in [-0.3, -0.25) is 4.79 Å². The number of hydrogen-bond donors (Lipinski definition) is 3. The Morgan fingerprint density at radius 1 is 1.24 bits per heavy atom. The number of alkyl halides is 3. The molecule has 1 aliphatic heterocycles. The van der Waals surface area contributed by atoms with Crippen molar-refractivity contribution in [2.24, 2.45) is 5.73 Å². The fraction of sp³-hybridized carbons (Fsp3) is 0.278. The van der Waals surface area contributed by atoms with Gasteiger partial charge in [-0.1, -0.05) is 6.07 Å². The number of nitrogens with one attached hydrogen (secondary N) is 2. The molecule has 0 saturated carbocycles. The van der Waals surface area contributed by atoms with Gasteiger partial charge in [-0.25, -0.2) is 4.98 Å². The van der Waals surface area contributed by atoms with Crippen molar-refractivity contribution in [2.75, 3.05) is 23.3 Å². The van der Waals surface area contributed by atoms with Crippen LogP contribution in [-0.4, -0.2) is 34.1 Å². The van der Waals surface area contributed by atoms with Gasteiger partial charge in [-0.2, -0.15) is 18.2 Å². The Morgan fingerprint density at radius 2 is 2.03 bits per heavy atom. The number of halogens is 4. The number of aromatic nitrogens is 3. The summed E-state index contributed by atoms with van der Waals surface area (Å²) in [5, 5.41) is 3.02. The first-order chi connectivity index (χ1) is 13.3. The molecule has 0 radical (unpaired) electrons. The summed E-state index contributed by atoms with van der Waals surface area (Å²) in [7, 11) is 0. The van der Waals surface area contributed by atoms with Crippen molar-refractivity contribution in [3.63, 3.8) is 0 Å². The van der Waals surface area contributed by atoms with Crippen molar-refractivity contribution in [1.29, 1.82) is 0 Å². The molecule has 0 bridgehead atoms. The van der Waals surface area contributed by atoms with E-state index in [1.54, 1.807) is 6.07 Å². The van der Waals surface area contributed by atoms with E-state index in [4.69, 9.17) is 5.73 Å². The van der Waals surface area contributed by atoms with Crippen LogP contribution in [0.25, 0.3) is 10.9 Å². The largest absolute Gasteiger partial charge is 0.416 e. The van der Waals surface area contributed by atoms with E-state index in [-0.39, 0.29) is 35.3 Å². The van der Waals surface area contributed by atoms with Gasteiger partial charge >= 0.3 is 6.18 Å². The number of hydrogen-bond acceptors (Lipinski definition) is 6. The molecule has 154 valence electrons. The minimum absolute atomic E-state index is 0. The normalized spacial score (nSPS) is 16.7. The summed E-state index contributed by atoms with van der Waals surface area (Å²) in [5.74, 6) is 0.516. The molecule has 3 aromatic rings. The molecule has 1 aromatic carbocycles. The molecule has 0 amide bonds. The van der Waals surface area contributed by atoms with Gasteiger partial charge in [0.05, 0.1) is 11.1 Å². The van der Waals surface area contributed by atoms with Crippen molar-refractivity contribution in [1.82, 2.24) is 15.0 Å². The Balaban J connectivity index is 0.00000240. The Hall–Kier alpha value is -2.85. The Kier molecular flexibility index (Phi) is 5.67. The van der Waals surface area contributed by atoms with E-state index in [1.807, 2.05) is 4.90 Å². The number of H-pyrrole nitrogens is 1. The number of pyridine rings is 1. The third-order valence-electron chi connectivity index (χ3n) is 4.57. The highest BCUT2D eigenvalue weighted by molar-refractivity contribution is 5.91. The third-order valence-corrected chi connectivity index (χ3v) is 4.57. The fourth-order valence-corrected chi connectivity index (χ4v) is 3.19. The second-order valence-electron chi connectivity index (χ2n) is 6.64. The summed E-state index contributed by atoms with van der Waals surface area (Å²) in [6.45, 7) is 1.23. The highest BCUT2D eigenvalue weighted by Crippen LogP contribution is 2.32. The standard InChI is InChI=1S/C18H17F3N6O.ClH/c19-18(20,21)10-2-1-3-12(8-10)24-15-14-13(4-6-23-16(14)28)25-17(26-15)27-7-5-11(22)9-27;/h1-4,6,8,11H,5,7,9,22H2,(H,23,28)(H,24,25,26);1H. The molecule has 0 aliphatic carbocycles. The van der Waals surface area contributed by atoms with Crippen molar-refractivity contribution in [2.45, 2.75) is 18.6 Å². The molecule has 1 fully saturated rings. The highest BCUT2D eigenvalue weighted by Gasteiger charge is 2.30. The summed E-state index contributed by atoms with van der Waals surface area (Å²) >= 11 is 0. The van der Waals surface area contributed by atoms with E-state index in [0.717, 1.165) is 18.6 Å². The topological polar surface area (TPSA) is 99.9 Å². The SMILES string of the molecule is Cl.NC1CCN(c2nc(Nc3cccc(C(F)(F)F)c3)c3c(=O)[nH]ccc3n2)C1. The van der Waals surface area contributed by atoms with Crippen LogP contribution in [0, 0.1) is 0 Å². The lowest BCUT2D eigenvalue weighted by atomic mass is 10.2. The number of fused-ring (bicyclic) bond motifs is 1. The maximum atomic E-state index is 13.0. The van der Waals surface area contributed by atoms with Crippen LogP contribution in [0.1, 0.15) is 12.0 Å². The second-order valence-corrected chi connectivity index (χ2v) is 6.64. The van der Waals surface area contributed by atoms with Gasteiger partial charge in [0.25, 0.3) is 5.56 Å². The van der Waals surface area contributed by atoms with Gasteiger partial charge in [-0.05, 0) is 30.7 Å². The van der Waals surface area contributed by atoms with Gasteiger partial charge in [-0.15, -0.1) is 12.4 Å². The molecule has 2 aromatic heterocycles. The molecule has 4 N–H and O–H groups in total. The summed E-state index contributed by atoms with van der Waals surface area (Å²) in [6, 6.07) is 6.34. The predicted molar refractivity (Wildman–Crippen MR) is 107 cm³/mol. The summed E-state index contributed by atoms with van der Waals surface area (Å²) in [4.78, 5) is 25.6. The lowest BCUT2D eigenvalue weighted by Crippen LogP contribution is -2.28. The molecule has 1 aliphatic rings. The predicted octanol–water partition coefficient (Wildman–Crippen LogP) is 3.04. The highest BCUT2D eigenvalue weighted by atomic mass is 35.5. The van der Waals surface area contributed by atoms with Gasteiger partial charge in [0.15, 0.2) is 0 Å². The minimum Gasteiger partial charge on any atom is -0.339 e. The van der Waals surface area contributed by atoms with Crippen LogP contribution in [0.3, 0.4) is 0 Å². The van der Waals surface area contributed by atoms with Crippen molar-refractivity contribution in [3.8, 4) is 0 Å². The molecule has 29 heavy (non-hydrogen) atoms. The summed E-state index contributed by atoms with van der Waals surface area (Å²) < 4.78 is 39.0. The van der Waals surface area contributed by atoms with E-state index in [1.165, 1.54) is 18.3 Å². The van der Waals surface area contributed by atoms with Gasteiger partial charge in [0.2, 0.25) is 5.95 Å². The second kappa shape index (κ2) is 7.88. The van der Waals surface area contributed by atoms with E-state index < -0.39 is 17.3 Å². The first kappa shape index (κ1) is 20.9. The number of nitrogens with zero attached hydrogens (tertiary/aromatic N) is 3. The molecule has 0 spiro atoms. The lowest BCUT2D eigenvalue weighted by Gasteiger charge is -2.18. The van der Waals surface area contributed by atoms with Gasteiger partial charge < -0.3 is 20.9 Å². The maximum absolute atomic E-state index is 13.0. The van der Waals surface area contributed by atoms with Crippen molar-refractivity contribution >= 4 is 40.8 Å². The van der Waals surface area contributed by atoms with E-state index >= 15 is 0 Å². The fourth-order valence-electron chi connectivity index (χ4n) is 3.19. The maximum Gasteiger partial charge on any atom is 0.416 e. The van der Waals surface area contributed by atoms with Crippen LogP contribution < -0.4 is 21.5 Å². The zero-order valence-corrected chi connectivity index (χ0v) is 15.8. The summed E-state index contributed by atoms with van der Waals surface area (Å²) in [5.41, 5.74) is 5.28. The average Bonchev–Trinajstić information content (AvgIpc) is 3.07. The van der Waals surface area contributed by atoms with Gasteiger partial charge in [0, 0.05) is 31.0 Å². The van der Waals surface area contributed by atoms with Crippen LogP contribution in [0.15, 0.2) is 41.3 Å². The Morgan fingerprint density at radius 3 is 2.72 bits per heavy atom. The van der Waals surface area contributed by atoms with Crippen molar-refractivity contribution < 1.29 is 13.2 Å². The van der Waals surface area contributed by atoms with Crippen LogP contribution in [-0.2, 0) is 6.18 Å². The molecular weight excluding hydrogens is 409 g/mol. The Bertz CT molecular complexity index is 1090. The first-order valence-electron chi connectivity index (χ1n) is 8.65. The number of rotatable bonds is 3. The van der Waals surface area contributed by atoms with E-state index in [9.17, 15) is 18.0 Å².